The summed E-state index contributed by atoms with van der Waals surface area (Å²) in [6.07, 6.45) is 0.150. The van der Waals surface area contributed by atoms with Crippen LogP contribution in [0.15, 0.2) is 18.2 Å². The number of ether oxygens (including phenoxy) is 1. The highest BCUT2D eigenvalue weighted by Crippen LogP contribution is 2.32. The minimum absolute atomic E-state index is 0.0372. The topological polar surface area (TPSA) is 93.5 Å². The number of esters is 1. The van der Waals surface area contributed by atoms with Gasteiger partial charge in [0.2, 0.25) is 0 Å². The number of rotatable bonds is 6. The van der Waals surface area contributed by atoms with E-state index in [2.05, 4.69) is 15.4 Å². The third kappa shape index (κ3) is 3.34. The van der Waals surface area contributed by atoms with Gasteiger partial charge in [-0.3, -0.25) is 14.9 Å². The molecule has 0 atom stereocenters. The maximum absolute atomic E-state index is 11.0. The number of nitro groups is 1. The van der Waals surface area contributed by atoms with Crippen LogP contribution in [0.25, 0.3) is 0 Å². The molecule has 0 aromatic heterocycles. The van der Waals surface area contributed by atoms with Gasteiger partial charge in [-0.1, -0.05) is 6.07 Å². The van der Waals surface area contributed by atoms with Crippen LogP contribution in [0.1, 0.15) is 6.42 Å². The first-order chi connectivity index (χ1) is 8.60. The van der Waals surface area contributed by atoms with Crippen LogP contribution in [-0.4, -0.2) is 31.6 Å². The Bertz CT molecular complexity index is 448. The molecule has 0 heterocycles. The molecule has 2 N–H and O–H groups in total. The van der Waals surface area contributed by atoms with E-state index in [0.717, 1.165) is 0 Å². The number of hydrogen-bond acceptors (Lipinski definition) is 6. The number of benzene rings is 1. The fourth-order valence-corrected chi connectivity index (χ4v) is 1.49. The number of anilines is 2. The van der Waals surface area contributed by atoms with Gasteiger partial charge >= 0.3 is 11.7 Å². The molecule has 0 saturated carbocycles. The maximum Gasteiger partial charge on any atom is 0.315 e. The zero-order valence-electron chi connectivity index (χ0n) is 10.2. The molecule has 0 bridgehead atoms. The molecular formula is C11H15N3O4. The number of para-hydroxylation sites is 1. The fourth-order valence-electron chi connectivity index (χ4n) is 1.49. The Hall–Kier alpha value is -2.31. The molecule has 0 aliphatic heterocycles. The van der Waals surface area contributed by atoms with Crippen molar-refractivity contribution in [2.24, 2.45) is 0 Å². The van der Waals surface area contributed by atoms with Crippen molar-refractivity contribution in [3.63, 3.8) is 0 Å². The highest BCUT2D eigenvalue weighted by molar-refractivity contribution is 5.76. The summed E-state index contributed by atoms with van der Waals surface area (Å²) in [6, 6.07) is 4.90. The fraction of sp³-hybridized carbons (Fsp3) is 0.364. The molecule has 1 rings (SSSR count). The smallest absolute Gasteiger partial charge is 0.315 e. The number of methoxy groups -OCH3 is 1. The number of nitrogens with one attached hydrogen (secondary N) is 2. The molecule has 18 heavy (non-hydrogen) atoms. The molecule has 0 unspecified atom stereocenters. The molecule has 0 aliphatic carbocycles. The lowest BCUT2D eigenvalue weighted by molar-refractivity contribution is -0.383. The summed E-state index contributed by atoms with van der Waals surface area (Å²) in [5.41, 5.74) is 0.753. The molecular weight excluding hydrogens is 238 g/mol. The Morgan fingerprint density at radius 1 is 1.44 bits per heavy atom. The van der Waals surface area contributed by atoms with E-state index in [9.17, 15) is 14.9 Å². The van der Waals surface area contributed by atoms with Crippen LogP contribution in [-0.2, 0) is 9.53 Å². The molecule has 0 amide bonds. The van der Waals surface area contributed by atoms with Gasteiger partial charge in [0.15, 0.2) is 0 Å². The SMILES string of the molecule is CNc1cccc(NCCC(=O)OC)c1[N+](=O)[O-]. The summed E-state index contributed by atoms with van der Waals surface area (Å²) in [7, 11) is 2.91. The third-order valence-electron chi connectivity index (χ3n) is 2.36. The monoisotopic (exact) mass is 253 g/mol. The van der Waals surface area contributed by atoms with Crippen molar-refractivity contribution in [2.75, 3.05) is 31.3 Å². The van der Waals surface area contributed by atoms with Gasteiger partial charge in [-0.05, 0) is 12.1 Å². The Morgan fingerprint density at radius 3 is 2.67 bits per heavy atom. The molecule has 1 aromatic rings. The van der Waals surface area contributed by atoms with E-state index >= 15 is 0 Å². The average molecular weight is 253 g/mol. The molecule has 0 fully saturated rings. The van der Waals surface area contributed by atoms with Crippen molar-refractivity contribution in [1.82, 2.24) is 0 Å². The lowest BCUT2D eigenvalue weighted by atomic mass is 10.2. The maximum atomic E-state index is 11.0. The summed E-state index contributed by atoms with van der Waals surface area (Å²) in [5, 5.41) is 16.6. The summed E-state index contributed by atoms with van der Waals surface area (Å²) in [5.74, 6) is -0.366. The molecule has 0 spiro atoms. The van der Waals surface area contributed by atoms with Gasteiger partial charge < -0.3 is 15.4 Å². The lowest BCUT2D eigenvalue weighted by Crippen LogP contribution is -2.11. The van der Waals surface area contributed by atoms with Gasteiger partial charge in [0.25, 0.3) is 0 Å². The van der Waals surface area contributed by atoms with Crippen LogP contribution in [0.2, 0.25) is 0 Å². The number of hydrogen-bond donors (Lipinski definition) is 2. The van der Waals surface area contributed by atoms with E-state index < -0.39 is 4.92 Å². The van der Waals surface area contributed by atoms with Crippen molar-refractivity contribution >= 4 is 23.0 Å². The first-order valence-electron chi connectivity index (χ1n) is 5.36. The second-order valence-electron chi connectivity index (χ2n) is 3.46. The van der Waals surface area contributed by atoms with Crippen molar-refractivity contribution in [2.45, 2.75) is 6.42 Å². The largest absolute Gasteiger partial charge is 0.469 e. The predicted octanol–water partition coefficient (Wildman–Crippen LogP) is 1.61. The molecule has 98 valence electrons. The van der Waals surface area contributed by atoms with Crippen LogP contribution in [0, 0.1) is 10.1 Å². The highest BCUT2D eigenvalue weighted by Gasteiger charge is 2.18. The van der Waals surface area contributed by atoms with Gasteiger partial charge in [0.05, 0.1) is 18.5 Å². The predicted molar refractivity (Wildman–Crippen MR) is 67.8 cm³/mol. The Balaban J connectivity index is 2.82. The summed E-state index contributed by atoms with van der Waals surface area (Å²) in [6.45, 7) is 0.278. The lowest BCUT2D eigenvalue weighted by Gasteiger charge is -2.09. The first-order valence-corrected chi connectivity index (χ1v) is 5.36. The van der Waals surface area contributed by atoms with E-state index in [4.69, 9.17) is 0 Å². The van der Waals surface area contributed by atoms with Crippen LogP contribution in [0.4, 0.5) is 17.1 Å². The Morgan fingerprint density at radius 2 is 2.11 bits per heavy atom. The molecule has 7 heteroatoms. The van der Waals surface area contributed by atoms with Gasteiger partial charge in [-0.2, -0.15) is 0 Å². The Labute approximate surface area is 104 Å². The van der Waals surface area contributed by atoms with Crippen molar-refractivity contribution in [3.05, 3.63) is 28.3 Å². The van der Waals surface area contributed by atoms with E-state index in [1.807, 2.05) is 0 Å². The number of carbonyl (C=O) groups excluding carboxylic acids is 1. The number of nitrogens with zero attached hydrogens (tertiary/aromatic N) is 1. The van der Waals surface area contributed by atoms with Gasteiger partial charge in [-0.25, -0.2) is 0 Å². The number of nitro benzene ring substituents is 1. The zero-order chi connectivity index (χ0) is 13.5. The van der Waals surface area contributed by atoms with Gasteiger partial charge in [-0.15, -0.1) is 0 Å². The summed E-state index contributed by atoms with van der Waals surface area (Å²) in [4.78, 5) is 21.5. The van der Waals surface area contributed by atoms with Gasteiger partial charge in [0, 0.05) is 13.6 Å². The standard InChI is InChI=1S/C11H15N3O4/c1-12-8-4-3-5-9(11(8)14(16)17)13-7-6-10(15)18-2/h3-5,12-13H,6-7H2,1-2H3. The minimum Gasteiger partial charge on any atom is -0.469 e. The van der Waals surface area contributed by atoms with E-state index in [-0.39, 0.29) is 24.6 Å². The zero-order valence-corrected chi connectivity index (χ0v) is 10.2. The molecule has 1 aromatic carbocycles. The van der Waals surface area contributed by atoms with Crippen LogP contribution in [0.3, 0.4) is 0 Å². The van der Waals surface area contributed by atoms with E-state index in [0.29, 0.717) is 11.4 Å². The van der Waals surface area contributed by atoms with Gasteiger partial charge in [0.1, 0.15) is 11.4 Å². The van der Waals surface area contributed by atoms with Crippen LogP contribution < -0.4 is 10.6 Å². The second-order valence-corrected chi connectivity index (χ2v) is 3.46. The molecule has 0 aliphatic rings. The normalized spacial score (nSPS) is 9.67. The van der Waals surface area contributed by atoms with Crippen molar-refractivity contribution in [3.8, 4) is 0 Å². The van der Waals surface area contributed by atoms with E-state index in [1.54, 1.807) is 25.2 Å². The summed E-state index contributed by atoms with van der Waals surface area (Å²) < 4.78 is 4.49. The van der Waals surface area contributed by atoms with E-state index in [1.165, 1.54) is 7.11 Å². The van der Waals surface area contributed by atoms with Crippen molar-refractivity contribution in [1.29, 1.82) is 0 Å². The minimum atomic E-state index is -0.466. The molecule has 7 nitrogen and oxygen atoms in total. The third-order valence-corrected chi connectivity index (χ3v) is 2.36. The molecule has 0 radical (unpaired) electrons. The van der Waals surface area contributed by atoms with Crippen molar-refractivity contribution < 1.29 is 14.5 Å². The quantitative estimate of drug-likeness (QED) is 0.454. The Kier molecular flexibility index (Phi) is 4.91. The summed E-state index contributed by atoms with van der Waals surface area (Å²) >= 11 is 0. The molecule has 0 saturated heterocycles. The van der Waals surface area contributed by atoms with Crippen LogP contribution >= 0.6 is 0 Å². The second kappa shape index (κ2) is 6.43. The average Bonchev–Trinajstić information content (AvgIpc) is 2.37. The number of carbonyl (C=O) groups is 1. The first kappa shape index (κ1) is 13.8. The highest BCUT2D eigenvalue weighted by atomic mass is 16.6. The van der Waals surface area contributed by atoms with Crippen LogP contribution in [0.5, 0.6) is 0 Å².